The molecule has 180 valence electrons. The average molecular weight is 494 g/mol. The Morgan fingerprint density at radius 1 is 0.941 bits per heavy atom. The molecule has 0 radical (unpaired) electrons. The van der Waals surface area contributed by atoms with Crippen LogP contribution >= 0.6 is 11.9 Å². The first kappa shape index (κ1) is 24.1. The van der Waals surface area contributed by atoms with E-state index in [4.69, 9.17) is 4.74 Å². The van der Waals surface area contributed by atoms with E-state index in [-0.39, 0.29) is 5.82 Å². The molecule has 0 N–H and O–H groups in total. The van der Waals surface area contributed by atoms with Gasteiger partial charge in [-0.25, -0.2) is 8.70 Å². The number of hydrogen-bond donors (Lipinski definition) is 0. The minimum atomic E-state index is -4.36. The molecule has 4 rings (SSSR count). The van der Waals surface area contributed by atoms with Gasteiger partial charge in [0.05, 0.1) is 5.56 Å². The van der Waals surface area contributed by atoms with E-state index in [1.165, 1.54) is 48.3 Å². The predicted molar refractivity (Wildman–Crippen MR) is 124 cm³/mol. The zero-order chi connectivity index (χ0) is 24.3. The Kier molecular flexibility index (Phi) is 7.13. The molecule has 0 saturated carbocycles. The molecule has 0 atom stereocenters. The molecule has 0 bridgehead atoms. The SMILES string of the molecule is CN(C)c1cc(Oc2ccc(F)cc2)nc(N2CCN(Sc3cccc(C(F)(F)F)c3)CC2)n1. The fourth-order valence-corrected chi connectivity index (χ4v) is 4.27. The largest absolute Gasteiger partial charge is 0.439 e. The van der Waals surface area contributed by atoms with Gasteiger partial charge in [0.2, 0.25) is 11.8 Å². The van der Waals surface area contributed by atoms with Crippen LogP contribution in [0.5, 0.6) is 11.6 Å². The Morgan fingerprint density at radius 3 is 2.29 bits per heavy atom. The number of benzene rings is 2. The summed E-state index contributed by atoms with van der Waals surface area (Å²) in [5.41, 5.74) is -0.654. The number of halogens is 4. The predicted octanol–water partition coefficient (Wildman–Crippen LogP) is 5.32. The van der Waals surface area contributed by atoms with Crippen LogP contribution in [0, 0.1) is 5.82 Å². The molecular formula is C23H23F4N5OS. The monoisotopic (exact) mass is 493 g/mol. The second-order valence-corrected chi connectivity index (χ2v) is 9.02. The molecule has 2 heterocycles. The minimum absolute atomic E-state index is 0.334. The van der Waals surface area contributed by atoms with Crippen LogP contribution in [-0.4, -0.2) is 54.5 Å². The number of nitrogens with zero attached hydrogens (tertiary/aromatic N) is 5. The lowest BCUT2D eigenvalue weighted by Gasteiger charge is -2.34. The molecule has 1 fully saturated rings. The van der Waals surface area contributed by atoms with E-state index in [2.05, 4.69) is 9.97 Å². The summed E-state index contributed by atoms with van der Waals surface area (Å²) >= 11 is 1.31. The lowest BCUT2D eigenvalue weighted by Crippen LogP contribution is -2.44. The average Bonchev–Trinajstić information content (AvgIpc) is 2.80. The third-order valence-electron chi connectivity index (χ3n) is 5.09. The molecule has 0 amide bonds. The van der Waals surface area contributed by atoms with Crippen molar-refractivity contribution in [3.63, 3.8) is 0 Å². The summed E-state index contributed by atoms with van der Waals surface area (Å²) in [6.07, 6.45) is -4.36. The van der Waals surface area contributed by atoms with Gasteiger partial charge in [-0.15, -0.1) is 0 Å². The van der Waals surface area contributed by atoms with E-state index in [9.17, 15) is 17.6 Å². The van der Waals surface area contributed by atoms with Gasteiger partial charge in [0, 0.05) is 51.2 Å². The smallest absolute Gasteiger partial charge is 0.416 e. The van der Waals surface area contributed by atoms with Gasteiger partial charge < -0.3 is 14.5 Å². The first-order chi connectivity index (χ1) is 16.2. The van der Waals surface area contributed by atoms with Crippen LogP contribution in [0.3, 0.4) is 0 Å². The molecule has 34 heavy (non-hydrogen) atoms. The maximum Gasteiger partial charge on any atom is 0.416 e. The Bertz CT molecular complexity index is 1120. The lowest BCUT2D eigenvalue weighted by atomic mass is 10.2. The maximum atomic E-state index is 13.2. The standard InChI is InChI=1S/C23H23F4N5OS/c1-30(2)20-15-21(33-18-8-6-17(24)7-9-18)29-22(28-20)31-10-12-32(13-11-31)34-19-5-3-4-16(14-19)23(25,26)27/h3-9,14-15H,10-13H2,1-2H3. The third-order valence-corrected chi connectivity index (χ3v) is 6.18. The first-order valence-corrected chi connectivity index (χ1v) is 11.3. The highest BCUT2D eigenvalue weighted by Crippen LogP contribution is 2.33. The van der Waals surface area contributed by atoms with Gasteiger partial charge in [-0.05, 0) is 54.4 Å². The Balaban J connectivity index is 1.44. The van der Waals surface area contributed by atoms with Crippen molar-refractivity contribution in [2.45, 2.75) is 11.1 Å². The number of piperazine rings is 1. The Hall–Kier alpha value is -3.05. The van der Waals surface area contributed by atoms with Gasteiger partial charge in [0.15, 0.2) is 0 Å². The fraction of sp³-hybridized carbons (Fsp3) is 0.304. The highest BCUT2D eigenvalue weighted by molar-refractivity contribution is 7.97. The molecule has 0 spiro atoms. The number of ether oxygens (including phenoxy) is 1. The molecule has 1 aliphatic heterocycles. The second kappa shape index (κ2) is 10.1. The van der Waals surface area contributed by atoms with Crippen LogP contribution in [0.4, 0.5) is 29.3 Å². The summed E-state index contributed by atoms with van der Waals surface area (Å²) in [7, 11) is 3.72. The summed E-state index contributed by atoms with van der Waals surface area (Å²) in [6, 6.07) is 12.7. The van der Waals surface area contributed by atoms with Crippen molar-refractivity contribution < 1.29 is 22.3 Å². The normalized spacial score (nSPS) is 14.8. The van der Waals surface area contributed by atoms with Crippen LogP contribution in [0.2, 0.25) is 0 Å². The zero-order valence-electron chi connectivity index (χ0n) is 18.6. The third kappa shape index (κ3) is 6.09. The summed E-state index contributed by atoms with van der Waals surface area (Å²) in [4.78, 5) is 13.5. The molecule has 0 aliphatic carbocycles. The van der Waals surface area contributed by atoms with Gasteiger partial charge in [-0.3, -0.25) is 0 Å². The van der Waals surface area contributed by atoms with E-state index in [1.54, 1.807) is 12.1 Å². The number of anilines is 2. The highest BCUT2D eigenvalue weighted by atomic mass is 32.2. The van der Waals surface area contributed by atoms with Crippen LogP contribution in [-0.2, 0) is 6.18 Å². The summed E-state index contributed by atoms with van der Waals surface area (Å²) in [5, 5.41) is 0. The quantitative estimate of drug-likeness (QED) is 0.340. The molecule has 11 heteroatoms. The van der Waals surface area contributed by atoms with Crippen molar-refractivity contribution in [1.82, 2.24) is 14.3 Å². The molecule has 3 aromatic rings. The van der Waals surface area contributed by atoms with Crippen molar-refractivity contribution in [3.05, 3.63) is 66.0 Å². The number of alkyl halides is 3. The highest BCUT2D eigenvalue weighted by Gasteiger charge is 2.30. The van der Waals surface area contributed by atoms with Crippen molar-refractivity contribution >= 4 is 23.7 Å². The van der Waals surface area contributed by atoms with Crippen LogP contribution in [0.1, 0.15) is 5.56 Å². The van der Waals surface area contributed by atoms with Crippen molar-refractivity contribution in [3.8, 4) is 11.6 Å². The summed E-state index contributed by atoms with van der Waals surface area (Å²) in [5.74, 6) is 1.58. The molecule has 6 nitrogen and oxygen atoms in total. The molecule has 2 aromatic carbocycles. The van der Waals surface area contributed by atoms with Crippen molar-refractivity contribution in [2.75, 3.05) is 50.1 Å². The van der Waals surface area contributed by atoms with E-state index < -0.39 is 11.7 Å². The second-order valence-electron chi connectivity index (χ2n) is 7.85. The maximum absolute atomic E-state index is 13.2. The lowest BCUT2D eigenvalue weighted by molar-refractivity contribution is -0.137. The van der Waals surface area contributed by atoms with Gasteiger partial charge in [-0.1, -0.05) is 6.07 Å². The van der Waals surface area contributed by atoms with Gasteiger partial charge in [-0.2, -0.15) is 23.1 Å². The Morgan fingerprint density at radius 2 is 1.65 bits per heavy atom. The van der Waals surface area contributed by atoms with E-state index in [1.807, 2.05) is 28.2 Å². The van der Waals surface area contributed by atoms with Gasteiger partial charge in [0.1, 0.15) is 17.4 Å². The van der Waals surface area contributed by atoms with Crippen LogP contribution in [0.15, 0.2) is 59.5 Å². The first-order valence-electron chi connectivity index (χ1n) is 10.5. The summed E-state index contributed by atoms with van der Waals surface area (Å²) in [6.45, 7) is 2.42. The van der Waals surface area contributed by atoms with E-state index in [0.717, 1.165) is 6.07 Å². The molecule has 1 aliphatic rings. The zero-order valence-corrected chi connectivity index (χ0v) is 19.4. The fourth-order valence-electron chi connectivity index (χ4n) is 3.30. The van der Waals surface area contributed by atoms with Crippen LogP contribution in [0.25, 0.3) is 0 Å². The van der Waals surface area contributed by atoms with Crippen molar-refractivity contribution in [1.29, 1.82) is 0 Å². The number of rotatable bonds is 6. The van der Waals surface area contributed by atoms with E-state index in [0.29, 0.717) is 54.5 Å². The molecular weight excluding hydrogens is 470 g/mol. The molecule has 1 saturated heterocycles. The van der Waals surface area contributed by atoms with Gasteiger partial charge in [0.25, 0.3) is 0 Å². The number of hydrogen-bond acceptors (Lipinski definition) is 7. The molecule has 0 unspecified atom stereocenters. The number of aromatic nitrogens is 2. The topological polar surface area (TPSA) is 44.7 Å². The molecule has 1 aromatic heterocycles. The van der Waals surface area contributed by atoms with Crippen molar-refractivity contribution in [2.24, 2.45) is 0 Å². The van der Waals surface area contributed by atoms with Gasteiger partial charge >= 0.3 is 6.18 Å². The summed E-state index contributed by atoms with van der Waals surface area (Å²) < 4.78 is 60.0. The minimum Gasteiger partial charge on any atom is -0.439 e. The van der Waals surface area contributed by atoms with E-state index >= 15 is 0 Å². The Labute approximate surface area is 199 Å². The van der Waals surface area contributed by atoms with Crippen LogP contribution < -0.4 is 14.5 Å².